The Bertz CT molecular complexity index is 825. The second-order valence-corrected chi connectivity index (χ2v) is 6.33. The lowest BCUT2D eigenvalue weighted by Gasteiger charge is -2.18. The van der Waals surface area contributed by atoms with Gasteiger partial charge in [-0.3, -0.25) is 0 Å². The molecule has 2 N–H and O–H groups in total. The molecule has 0 amide bonds. The van der Waals surface area contributed by atoms with Crippen LogP contribution in [-0.4, -0.2) is 25.6 Å². The monoisotopic (exact) mass is 370 g/mol. The molecule has 142 valence electrons. The molecule has 27 heavy (non-hydrogen) atoms. The predicted octanol–water partition coefficient (Wildman–Crippen LogP) is 3.60. The van der Waals surface area contributed by atoms with Crippen molar-refractivity contribution in [1.82, 2.24) is 10.6 Å². The zero-order chi connectivity index (χ0) is 19.1. The highest BCUT2D eigenvalue weighted by molar-refractivity contribution is 5.79. The van der Waals surface area contributed by atoms with E-state index in [1.165, 1.54) is 11.8 Å². The third-order valence-electron chi connectivity index (χ3n) is 4.31. The van der Waals surface area contributed by atoms with Crippen molar-refractivity contribution in [2.75, 3.05) is 24.5 Å². The fraction of sp³-hybridized carbons (Fsp3) is 0.286. The molecule has 2 aromatic rings. The Morgan fingerprint density at radius 3 is 2.67 bits per heavy atom. The van der Waals surface area contributed by atoms with Gasteiger partial charge in [-0.2, -0.15) is 0 Å². The van der Waals surface area contributed by atoms with Crippen molar-refractivity contribution in [3.8, 4) is 0 Å². The number of benzene rings is 2. The molecule has 0 saturated carbocycles. The molecule has 0 aromatic heterocycles. The minimum Gasteiger partial charge on any atom is -0.364 e. The number of nitrogens with one attached hydrogen (secondary N) is 2. The molecule has 0 saturated heterocycles. The molecule has 2 aromatic carbocycles. The molecular formula is C21H24F2N4. The first-order valence-electron chi connectivity index (χ1n) is 9.10. The summed E-state index contributed by atoms with van der Waals surface area (Å²) >= 11 is 0. The van der Waals surface area contributed by atoms with Crippen LogP contribution in [0.4, 0.5) is 14.5 Å². The van der Waals surface area contributed by atoms with E-state index in [0.29, 0.717) is 19.0 Å². The van der Waals surface area contributed by atoms with Crippen LogP contribution in [-0.2, 0) is 13.1 Å². The molecule has 0 atom stereocenters. The molecule has 1 aliphatic rings. The van der Waals surface area contributed by atoms with E-state index in [4.69, 9.17) is 0 Å². The molecule has 3 rings (SSSR count). The summed E-state index contributed by atoms with van der Waals surface area (Å²) in [6.45, 7) is 5.15. The van der Waals surface area contributed by atoms with E-state index in [0.717, 1.165) is 30.8 Å². The molecule has 4 nitrogen and oxygen atoms in total. The highest BCUT2D eigenvalue weighted by atomic mass is 19.1. The van der Waals surface area contributed by atoms with Gasteiger partial charge in [0.05, 0.1) is 6.54 Å². The van der Waals surface area contributed by atoms with Gasteiger partial charge in [-0.15, -0.1) is 0 Å². The Hall–Kier alpha value is -2.89. The maximum atomic E-state index is 13.8. The van der Waals surface area contributed by atoms with Crippen LogP contribution < -0.4 is 15.5 Å². The van der Waals surface area contributed by atoms with E-state index in [1.807, 2.05) is 19.1 Å². The van der Waals surface area contributed by atoms with Crippen molar-refractivity contribution >= 4 is 11.6 Å². The summed E-state index contributed by atoms with van der Waals surface area (Å²) in [6.07, 6.45) is 4.31. The fourth-order valence-electron chi connectivity index (χ4n) is 2.91. The molecule has 1 aliphatic heterocycles. The molecule has 0 aliphatic carbocycles. The minimum absolute atomic E-state index is 0.162. The molecule has 0 spiro atoms. The van der Waals surface area contributed by atoms with Gasteiger partial charge in [0.2, 0.25) is 0 Å². The van der Waals surface area contributed by atoms with Gasteiger partial charge in [0.25, 0.3) is 0 Å². The van der Waals surface area contributed by atoms with Crippen molar-refractivity contribution in [1.29, 1.82) is 0 Å². The summed E-state index contributed by atoms with van der Waals surface area (Å²) < 4.78 is 27.1. The summed E-state index contributed by atoms with van der Waals surface area (Å²) in [5.41, 5.74) is 2.53. The largest absolute Gasteiger partial charge is 0.364 e. The molecular weight excluding hydrogens is 346 g/mol. The number of rotatable bonds is 6. The van der Waals surface area contributed by atoms with Crippen LogP contribution in [0.15, 0.2) is 59.6 Å². The van der Waals surface area contributed by atoms with E-state index in [2.05, 4.69) is 44.8 Å². The fourth-order valence-corrected chi connectivity index (χ4v) is 2.91. The first-order valence-corrected chi connectivity index (χ1v) is 9.10. The van der Waals surface area contributed by atoms with Gasteiger partial charge in [0.15, 0.2) is 5.96 Å². The van der Waals surface area contributed by atoms with Crippen LogP contribution in [0.5, 0.6) is 0 Å². The zero-order valence-electron chi connectivity index (χ0n) is 15.4. The van der Waals surface area contributed by atoms with Crippen LogP contribution in [0.25, 0.3) is 0 Å². The molecule has 6 heteroatoms. The second kappa shape index (κ2) is 9.16. The third-order valence-corrected chi connectivity index (χ3v) is 4.31. The number of hydrogen-bond acceptors (Lipinski definition) is 2. The van der Waals surface area contributed by atoms with Crippen molar-refractivity contribution in [3.63, 3.8) is 0 Å². The SMILES string of the molecule is CCNC(=NCc1cccc(N2CC=CC2)c1)NCc1cc(F)ccc1F. The number of guanidine groups is 1. The Morgan fingerprint density at radius 1 is 1.07 bits per heavy atom. The smallest absolute Gasteiger partial charge is 0.191 e. The van der Waals surface area contributed by atoms with Crippen LogP contribution in [0, 0.1) is 11.6 Å². The molecule has 0 fully saturated rings. The zero-order valence-corrected chi connectivity index (χ0v) is 15.4. The third kappa shape index (κ3) is 5.29. The summed E-state index contributed by atoms with van der Waals surface area (Å²) in [4.78, 5) is 6.84. The number of anilines is 1. The standard InChI is InChI=1S/C21H24F2N4/c1-2-24-21(26-15-17-13-18(22)8-9-20(17)23)25-14-16-6-5-7-19(12-16)27-10-3-4-11-27/h3-9,12-13H,2,10-11,14-15H2,1H3,(H2,24,25,26). The van der Waals surface area contributed by atoms with Gasteiger partial charge >= 0.3 is 0 Å². The lowest BCUT2D eigenvalue weighted by atomic mass is 10.2. The number of nitrogens with zero attached hydrogens (tertiary/aromatic N) is 2. The first-order chi connectivity index (χ1) is 13.2. The minimum atomic E-state index is -0.455. The van der Waals surface area contributed by atoms with E-state index in [9.17, 15) is 8.78 Å². The maximum Gasteiger partial charge on any atom is 0.191 e. The lowest BCUT2D eigenvalue weighted by molar-refractivity contribution is 0.581. The van der Waals surface area contributed by atoms with E-state index in [-0.39, 0.29) is 12.1 Å². The van der Waals surface area contributed by atoms with Crippen molar-refractivity contribution < 1.29 is 8.78 Å². The van der Waals surface area contributed by atoms with Crippen molar-refractivity contribution in [2.45, 2.75) is 20.0 Å². The quantitative estimate of drug-likeness (QED) is 0.464. The second-order valence-electron chi connectivity index (χ2n) is 6.33. The van der Waals surface area contributed by atoms with Crippen molar-refractivity contribution in [3.05, 3.63) is 77.4 Å². The van der Waals surface area contributed by atoms with Gasteiger partial charge in [-0.25, -0.2) is 13.8 Å². The van der Waals surface area contributed by atoms with Crippen LogP contribution in [0.1, 0.15) is 18.1 Å². The van der Waals surface area contributed by atoms with Gasteiger partial charge in [0.1, 0.15) is 11.6 Å². The summed E-state index contributed by atoms with van der Waals surface area (Å²) in [6, 6.07) is 11.7. The topological polar surface area (TPSA) is 39.7 Å². The number of aliphatic imine (C=N–C) groups is 1. The Balaban J connectivity index is 1.65. The van der Waals surface area contributed by atoms with E-state index in [1.54, 1.807) is 0 Å². The average molecular weight is 370 g/mol. The number of hydrogen-bond donors (Lipinski definition) is 2. The molecule has 0 radical (unpaired) electrons. The van der Waals surface area contributed by atoms with Crippen LogP contribution in [0.3, 0.4) is 0 Å². The predicted molar refractivity (Wildman–Crippen MR) is 106 cm³/mol. The lowest BCUT2D eigenvalue weighted by Crippen LogP contribution is -2.37. The Kier molecular flexibility index (Phi) is 6.41. The molecule has 1 heterocycles. The molecule has 0 unspecified atom stereocenters. The van der Waals surface area contributed by atoms with Gasteiger partial charge in [-0.1, -0.05) is 24.3 Å². The average Bonchev–Trinajstić information content (AvgIpc) is 3.21. The molecule has 0 bridgehead atoms. The Morgan fingerprint density at radius 2 is 1.89 bits per heavy atom. The van der Waals surface area contributed by atoms with Gasteiger partial charge in [-0.05, 0) is 42.8 Å². The van der Waals surface area contributed by atoms with Crippen LogP contribution >= 0.6 is 0 Å². The van der Waals surface area contributed by atoms with E-state index >= 15 is 0 Å². The normalized spacial score (nSPS) is 13.9. The van der Waals surface area contributed by atoms with E-state index < -0.39 is 11.6 Å². The maximum absolute atomic E-state index is 13.8. The Labute approximate surface area is 158 Å². The van der Waals surface area contributed by atoms with Gasteiger partial charge < -0.3 is 15.5 Å². The van der Waals surface area contributed by atoms with Crippen LogP contribution in [0.2, 0.25) is 0 Å². The van der Waals surface area contributed by atoms with Crippen molar-refractivity contribution in [2.24, 2.45) is 4.99 Å². The highest BCUT2D eigenvalue weighted by Gasteiger charge is 2.08. The summed E-state index contributed by atoms with van der Waals surface area (Å²) in [5, 5.41) is 6.19. The first kappa shape index (κ1) is 18.9. The summed E-state index contributed by atoms with van der Waals surface area (Å²) in [5.74, 6) is -0.329. The number of halogens is 2. The highest BCUT2D eigenvalue weighted by Crippen LogP contribution is 2.19. The summed E-state index contributed by atoms with van der Waals surface area (Å²) in [7, 11) is 0. The van der Waals surface area contributed by atoms with Gasteiger partial charge in [0, 0.05) is 37.4 Å².